The molecule has 2 aromatic carbocycles. The van der Waals surface area contributed by atoms with E-state index in [0.717, 1.165) is 39.5 Å². The van der Waals surface area contributed by atoms with Gasteiger partial charge < -0.3 is 15.4 Å². The van der Waals surface area contributed by atoms with Gasteiger partial charge in [0.25, 0.3) is 0 Å². The van der Waals surface area contributed by atoms with E-state index >= 15 is 0 Å². The summed E-state index contributed by atoms with van der Waals surface area (Å²) in [5, 5.41) is 6.92. The standard InChI is InChI=1S/C27H34N2O/c1-17-19-12-10-11-13-23(19)28-16-20(17)18(2)29-24-15-25(30-9)22(27(6,7)8)14-21(24)26(3,4)5/h10-16,28-29H,1-2H2,3-9H3. The van der Waals surface area contributed by atoms with Crippen LogP contribution in [-0.2, 0) is 10.8 Å². The van der Waals surface area contributed by atoms with Crippen LogP contribution < -0.4 is 15.4 Å². The molecule has 158 valence electrons. The van der Waals surface area contributed by atoms with Gasteiger partial charge in [-0.1, -0.05) is 72.9 Å². The van der Waals surface area contributed by atoms with E-state index in [-0.39, 0.29) is 10.8 Å². The molecule has 0 bridgehead atoms. The first-order valence-corrected chi connectivity index (χ1v) is 10.4. The van der Waals surface area contributed by atoms with Gasteiger partial charge in [-0.15, -0.1) is 0 Å². The van der Waals surface area contributed by atoms with E-state index in [9.17, 15) is 0 Å². The van der Waals surface area contributed by atoms with Crippen molar-refractivity contribution in [1.82, 2.24) is 0 Å². The van der Waals surface area contributed by atoms with Crippen molar-refractivity contribution in [2.24, 2.45) is 0 Å². The molecule has 1 aliphatic heterocycles. The van der Waals surface area contributed by atoms with Gasteiger partial charge in [0.2, 0.25) is 0 Å². The maximum Gasteiger partial charge on any atom is 0.124 e. The van der Waals surface area contributed by atoms with Crippen molar-refractivity contribution in [2.45, 2.75) is 52.4 Å². The Morgan fingerprint density at radius 2 is 1.60 bits per heavy atom. The van der Waals surface area contributed by atoms with Crippen molar-refractivity contribution in [2.75, 3.05) is 17.7 Å². The molecule has 0 unspecified atom stereocenters. The number of rotatable bonds is 4. The van der Waals surface area contributed by atoms with Gasteiger partial charge in [-0.2, -0.15) is 0 Å². The first-order chi connectivity index (χ1) is 13.9. The molecule has 2 N–H and O–H groups in total. The van der Waals surface area contributed by atoms with Gasteiger partial charge >= 0.3 is 0 Å². The summed E-state index contributed by atoms with van der Waals surface area (Å²) in [6, 6.07) is 12.5. The van der Waals surface area contributed by atoms with Crippen molar-refractivity contribution < 1.29 is 4.74 Å². The first-order valence-electron chi connectivity index (χ1n) is 10.4. The molecule has 2 aromatic rings. The predicted molar refractivity (Wildman–Crippen MR) is 130 cm³/mol. The van der Waals surface area contributed by atoms with Gasteiger partial charge in [0.15, 0.2) is 0 Å². The monoisotopic (exact) mass is 402 g/mol. The molecule has 0 radical (unpaired) electrons. The summed E-state index contributed by atoms with van der Waals surface area (Å²) in [7, 11) is 1.73. The number of para-hydroxylation sites is 1. The van der Waals surface area contributed by atoms with Gasteiger partial charge in [-0.05, 0) is 39.7 Å². The Bertz CT molecular complexity index is 1030. The Balaban J connectivity index is 2.01. The van der Waals surface area contributed by atoms with Gasteiger partial charge in [-0.3, -0.25) is 0 Å². The zero-order valence-corrected chi connectivity index (χ0v) is 19.4. The van der Waals surface area contributed by atoms with Crippen LogP contribution in [0.25, 0.3) is 5.57 Å². The van der Waals surface area contributed by atoms with Crippen LogP contribution in [0.4, 0.5) is 11.4 Å². The van der Waals surface area contributed by atoms with Gasteiger partial charge in [-0.25, -0.2) is 0 Å². The predicted octanol–water partition coefficient (Wildman–Crippen LogP) is 7.24. The topological polar surface area (TPSA) is 33.3 Å². The van der Waals surface area contributed by atoms with E-state index in [0.29, 0.717) is 0 Å². The molecule has 0 saturated carbocycles. The number of hydrogen-bond acceptors (Lipinski definition) is 3. The third kappa shape index (κ3) is 4.16. The first kappa shape index (κ1) is 21.8. The van der Waals surface area contributed by atoms with E-state index in [1.165, 1.54) is 11.1 Å². The van der Waals surface area contributed by atoms with Gasteiger partial charge in [0.05, 0.1) is 7.11 Å². The van der Waals surface area contributed by atoms with Crippen LogP contribution in [-0.4, -0.2) is 7.11 Å². The molecule has 0 spiro atoms. The number of hydrogen-bond donors (Lipinski definition) is 2. The summed E-state index contributed by atoms with van der Waals surface area (Å²) >= 11 is 0. The highest BCUT2D eigenvalue weighted by atomic mass is 16.5. The summed E-state index contributed by atoms with van der Waals surface area (Å²) in [5.41, 5.74) is 8.24. The third-order valence-electron chi connectivity index (χ3n) is 5.52. The molecule has 30 heavy (non-hydrogen) atoms. The second-order valence-corrected chi connectivity index (χ2v) is 9.93. The number of benzene rings is 2. The van der Waals surface area contributed by atoms with Gasteiger partial charge in [0.1, 0.15) is 5.75 Å². The molecule has 3 nitrogen and oxygen atoms in total. The lowest BCUT2D eigenvalue weighted by atomic mass is 9.79. The van der Waals surface area contributed by atoms with E-state index in [1.807, 2.05) is 18.3 Å². The maximum absolute atomic E-state index is 5.76. The second-order valence-electron chi connectivity index (χ2n) is 9.93. The maximum atomic E-state index is 5.76. The van der Waals surface area contributed by atoms with Gasteiger partial charge in [0, 0.05) is 40.5 Å². The molecule has 3 rings (SSSR count). The van der Waals surface area contributed by atoms with E-state index < -0.39 is 0 Å². The van der Waals surface area contributed by atoms with E-state index in [4.69, 9.17) is 4.74 Å². The smallest absolute Gasteiger partial charge is 0.124 e. The largest absolute Gasteiger partial charge is 0.496 e. The Morgan fingerprint density at radius 3 is 2.20 bits per heavy atom. The van der Waals surface area contributed by atoms with Crippen molar-refractivity contribution in [1.29, 1.82) is 0 Å². The van der Waals surface area contributed by atoms with Crippen LogP contribution in [0.5, 0.6) is 5.75 Å². The SMILES string of the molecule is C=C(Nc1cc(OC)c(C(C)(C)C)cc1C(C)(C)C)C1=CNc2ccccc2C1=C. The molecular formula is C27H34N2O. The number of allylic oxidation sites excluding steroid dienone is 1. The normalized spacial score (nSPS) is 13.8. The van der Waals surface area contributed by atoms with Crippen LogP contribution in [0.1, 0.15) is 58.2 Å². The minimum Gasteiger partial charge on any atom is -0.496 e. The number of nitrogens with one attached hydrogen (secondary N) is 2. The minimum absolute atomic E-state index is 0.0192. The molecule has 1 aliphatic rings. The van der Waals surface area contributed by atoms with Crippen LogP contribution in [0.15, 0.2) is 67.0 Å². The highest BCUT2D eigenvalue weighted by Gasteiger charge is 2.27. The molecule has 0 amide bonds. The summed E-state index contributed by atoms with van der Waals surface area (Å²) in [5.74, 6) is 0.880. The fraction of sp³-hybridized carbons (Fsp3) is 0.333. The van der Waals surface area contributed by atoms with E-state index in [2.05, 4.69) is 89.6 Å². The molecule has 0 fully saturated rings. The molecule has 3 heteroatoms. The molecule has 0 aromatic heterocycles. The summed E-state index contributed by atoms with van der Waals surface area (Å²) in [6.45, 7) is 22.0. The summed E-state index contributed by atoms with van der Waals surface area (Å²) in [4.78, 5) is 0. The Morgan fingerprint density at radius 1 is 0.967 bits per heavy atom. The van der Waals surface area contributed by atoms with Crippen LogP contribution in [0.3, 0.4) is 0 Å². The second kappa shape index (κ2) is 7.71. The summed E-state index contributed by atoms with van der Waals surface area (Å²) in [6.07, 6.45) is 1.97. The lowest BCUT2D eigenvalue weighted by Crippen LogP contribution is -2.20. The van der Waals surface area contributed by atoms with Crippen molar-refractivity contribution >= 4 is 16.9 Å². The third-order valence-corrected chi connectivity index (χ3v) is 5.52. The number of fused-ring (bicyclic) bond motifs is 1. The van der Waals surface area contributed by atoms with E-state index in [1.54, 1.807) is 7.11 Å². The average Bonchev–Trinajstić information content (AvgIpc) is 2.66. The Labute approximate surface area is 181 Å². The molecule has 0 atom stereocenters. The molecule has 0 saturated heterocycles. The zero-order valence-electron chi connectivity index (χ0n) is 19.4. The van der Waals surface area contributed by atoms with Crippen molar-refractivity contribution in [3.63, 3.8) is 0 Å². The Hall–Kier alpha value is -2.94. The van der Waals surface area contributed by atoms with Crippen molar-refractivity contribution in [3.05, 3.63) is 83.7 Å². The number of anilines is 2. The number of ether oxygens (including phenoxy) is 1. The Kier molecular flexibility index (Phi) is 5.60. The van der Waals surface area contributed by atoms with Crippen LogP contribution in [0.2, 0.25) is 0 Å². The minimum atomic E-state index is -0.0440. The zero-order chi connectivity index (χ0) is 22.3. The lowest BCUT2D eigenvalue weighted by molar-refractivity contribution is 0.397. The molecular weight excluding hydrogens is 368 g/mol. The molecule has 1 heterocycles. The highest BCUT2D eigenvalue weighted by molar-refractivity contribution is 5.92. The van der Waals surface area contributed by atoms with Crippen LogP contribution in [0, 0.1) is 0 Å². The highest BCUT2D eigenvalue weighted by Crippen LogP contribution is 2.42. The fourth-order valence-corrected chi connectivity index (χ4v) is 3.81. The lowest BCUT2D eigenvalue weighted by Gasteiger charge is -2.30. The quantitative estimate of drug-likeness (QED) is 0.565. The fourth-order valence-electron chi connectivity index (χ4n) is 3.81. The number of methoxy groups -OCH3 is 1. The molecule has 0 aliphatic carbocycles. The average molecular weight is 403 g/mol. The summed E-state index contributed by atoms with van der Waals surface area (Å²) < 4.78 is 5.76. The van der Waals surface area contributed by atoms with Crippen LogP contribution >= 0.6 is 0 Å². The van der Waals surface area contributed by atoms with Crippen molar-refractivity contribution in [3.8, 4) is 5.75 Å².